The maximum Gasteiger partial charge on any atom is 0.338 e. The Morgan fingerprint density at radius 3 is 1.53 bits per heavy atom. The Morgan fingerprint density at radius 1 is 0.733 bits per heavy atom. The van der Waals surface area contributed by atoms with Crippen molar-refractivity contribution in [1.82, 2.24) is 0 Å². The van der Waals surface area contributed by atoms with Crippen molar-refractivity contribution in [1.29, 1.82) is 0 Å². The van der Waals surface area contributed by atoms with Crippen LogP contribution in [0.1, 0.15) is 43.6 Å². The SMILES string of the molecule is C=C(C)C(=O)Oc1ccc(C(=O)OC(C)(C)c2ccc(OC(=O)C(=C)C)cc2)cc1. The molecule has 30 heavy (non-hydrogen) atoms. The highest BCUT2D eigenvalue weighted by Crippen LogP contribution is 2.28. The molecule has 0 spiro atoms. The minimum atomic E-state index is -0.931. The molecule has 0 amide bonds. The summed E-state index contributed by atoms with van der Waals surface area (Å²) < 4.78 is 15.9. The zero-order valence-electron chi connectivity index (χ0n) is 17.5. The normalized spacial score (nSPS) is 10.7. The van der Waals surface area contributed by atoms with E-state index in [0.717, 1.165) is 5.56 Å². The van der Waals surface area contributed by atoms with E-state index >= 15 is 0 Å². The van der Waals surface area contributed by atoms with Crippen molar-refractivity contribution in [2.45, 2.75) is 33.3 Å². The summed E-state index contributed by atoms with van der Waals surface area (Å²) in [5, 5.41) is 0. The summed E-state index contributed by atoms with van der Waals surface area (Å²) in [7, 11) is 0. The second kappa shape index (κ2) is 9.22. The Balaban J connectivity index is 2.06. The molecule has 0 aliphatic carbocycles. The average molecular weight is 408 g/mol. The van der Waals surface area contributed by atoms with E-state index in [1.165, 1.54) is 24.3 Å². The van der Waals surface area contributed by atoms with Gasteiger partial charge in [0.2, 0.25) is 0 Å². The third kappa shape index (κ3) is 5.91. The smallest absolute Gasteiger partial charge is 0.338 e. The van der Waals surface area contributed by atoms with Crippen LogP contribution < -0.4 is 9.47 Å². The molecule has 0 heterocycles. The molecule has 0 N–H and O–H groups in total. The minimum Gasteiger partial charge on any atom is -0.451 e. The predicted octanol–water partition coefficient (Wildman–Crippen LogP) is 4.74. The van der Waals surface area contributed by atoms with Gasteiger partial charge >= 0.3 is 17.9 Å². The molecule has 2 aromatic carbocycles. The number of hydrogen-bond donors (Lipinski definition) is 0. The summed E-state index contributed by atoms with van der Waals surface area (Å²) in [4.78, 5) is 35.7. The van der Waals surface area contributed by atoms with E-state index in [2.05, 4.69) is 13.2 Å². The average Bonchev–Trinajstić information content (AvgIpc) is 2.68. The zero-order valence-corrected chi connectivity index (χ0v) is 17.5. The molecule has 0 radical (unpaired) electrons. The molecule has 0 saturated carbocycles. The first-order valence-corrected chi connectivity index (χ1v) is 9.19. The molecular weight excluding hydrogens is 384 g/mol. The van der Waals surface area contributed by atoms with Crippen LogP contribution in [0.5, 0.6) is 11.5 Å². The molecular formula is C24H24O6. The predicted molar refractivity (Wildman–Crippen MR) is 112 cm³/mol. The fourth-order valence-electron chi connectivity index (χ4n) is 2.32. The highest BCUT2D eigenvalue weighted by atomic mass is 16.6. The Hall–Kier alpha value is -3.67. The number of rotatable bonds is 7. The van der Waals surface area contributed by atoms with Crippen LogP contribution in [0.4, 0.5) is 0 Å². The summed E-state index contributed by atoms with van der Waals surface area (Å²) in [6.45, 7) is 13.7. The van der Waals surface area contributed by atoms with Gasteiger partial charge in [-0.25, -0.2) is 14.4 Å². The van der Waals surface area contributed by atoms with Crippen LogP contribution >= 0.6 is 0 Å². The van der Waals surface area contributed by atoms with Gasteiger partial charge in [-0.1, -0.05) is 25.3 Å². The first-order chi connectivity index (χ1) is 14.0. The van der Waals surface area contributed by atoms with Gasteiger partial charge in [0.15, 0.2) is 0 Å². The first kappa shape index (κ1) is 22.6. The van der Waals surface area contributed by atoms with Gasteiger partial charge in [0, 0.05) is 11.1 Å². The lowest BCUT2D eigenvalue weighted by atomic mass is 9.98. The van der Waals surface area contributed by atoms with Gasteiger partial charge in [0.25, 0.3) is 0 Å². The lowest BCUT2D eigenvalue weighted by molar-refractivity contribution is -0.130. The van der Waals surface area contributed by atoms with Crippen LogP contribution in [0.2, 0.25) is 0 Å². The molecule has 6 heteroatoms. The van der Waals surface area contributed by atoms with Crippen molar-refractivity contribution in [2.24, 2.45) is 0 Å². The highest BCUT2D eigenvalue weighted by Gasteiger charge is 2.26. The van der Waals surface area contributed by atoms with Crippen molar-refractivity contribution in [3.05, 3.63) is 84.0 Å². The fraction of sp³-hybridized carbons (Fsp3) is 0.208. The highest BCUT2D eigenvalue weighted by molar-refractivity contribution is 5.91. The van der Waals surface area contributed by atoms with Gasteiger partial charge in [-0.15, -0.1) is 0 Å². The van der Waals surface area contributed by atoms with Crippen molar-refractivity contribution in [2.75, 3.05) is 0 Å². The van der Waals surface area contributed by atoms with E-state index in [1.807, 2.05) is 0 Å². The van der Waals surface area contributed by atoms with E-state index in [1.54, 1.807) is 52.0 Å². The van der Waals surface area contributed by atoms with E-state index in [4.69, 9.17) is 14.2 Å². The van der Waals surface area contributed by atoms with Crippen LogP contribution in [0.3, 0.4) is 0 Å². The largest absolute Gasteiger partial charge is 0.451 e. The first-order valence-electron chi connectivity index (χ1n) is 9.19. The lowest BCUT2D eigenvalue weighted by Crippen LogP contribution is -2.25. The van der Waals surface area contributed by atoms with Crippen LogP contribution in [0, 0.1) is 0 Å². The van der Waals surface area contributed by atoms with Crippen molar-refractivity contribution >= 4 is 17.9 Å². The molecule has 0 saturated heterocycles. The molecule has 6 nitrogen and oxygen atoms in total. The Kier molecular flexibility index (Phi) is 6.95. The minimum absolute atomic E-state index is 0.278. The molecule has 0 fully saturated rings. The van der Waals surface area contributed by atoms with Gasteiger partial charge in [-0.2, -0.15) is 0 Å². The quantitative estimate of drug-likeness (QED) is 0.374. The molecule has 0 bridgehead atoms. The second-order valence-electron chi connectivity index (χ2n) is 7.29. The van der Waals surface area contributed by atoms with Crippen LogP contribution in [-0.4, -0.2) is 17.9 Å². The summed E-state index contributed by atoms with van der Waals surface area (Å²) in [5.74, 6) is -0.905. The van der Waals surface area contributed by atoms with Crippen molar-refractivity contribution in [3.63, 3.8) is 0 Å². The summed E-state index contributed by atoms with van der Waals surface area (Å²) >= 11 is 0. The molecule has 2 aromatic rings. The molecule has 0 atom stereocenters. The molecule has 156 valence electrons. The number of carbonyl (C=O) groups excluding carboxylic acids is 3. The molecule has 2 rings (SSSR count). The Bertz CT molecular complexity index is 981. The molecule has 0 unspecified atom stereocenters. The van der Waals surface area contributed by atoms with Crippen LogP contribution in [-0.2, 0) is 19.9 Å². The van der Waals surface area contributed by atoms with E-state index in [-0.39, 0.29) is 5.57 Å². The monoisotopic (exact) mass is 408 g/mol. The molecule has 0 aliphatic heterocycles. The second-order valence-corrected chi connectivity index (χ2v) is 7.29. The summed E-state index contributed by atoms with van der Waals surface area (Å²) in [6.07, 6.45) is 0. The maximum atomic E-state index is 12.5. The van der Waals surface area contributed by atoms with Gasteiger partial charge in [0.1, 0.15) is 17.1 Å². The fourth-order valence-corrected chi connectivity index (χ4v) is 2.32. The van der Waals surface area contributed by atoms with Crippen LogP contribution in [0.15, 0.2) is 72.8 Å². The standard InChI is InChI=1S/C24H24O6/c1-15(2)21(25)28-19-11-7-17(8-12-19)23(27)30-24(5,6)18-9-13-20(14-10-18)29-22(26)16(3)4/h7-14H,1,3H2,2,4-6H3. The molecule has 0 aromatic heterocycles. The van der Waals surface area contributed by atoms with Gasteiger partial charge < -0.3 is 14.2 Å². The Morgan fingerprint density at radius 2 is 1.13 bits per heavy atom. The van der Waals surface area contributed by atoms with Gasteiger partial charge in [-0.3, -0.25) is 0 Å². The lowest BCUT2D eigenvalue weighted by Gasteiger charge is -2.26. The third-order valence-electron chi connectivity index (χ3n) is 4.11. The van der Waals surface area contributed by atoms with E-state index in [0.29, 0.717) is 22.6 Å². The number of esters is 3. The van der Waals surface area contributed by atoms with Crippen LogP contribution in [0.25, 0.3) is 0 Å². The number of hydrogen-bond acceptors (Lipinski definition) is 6. The number of carbonyl (C=O) groups is 3. The summed E-state index contributed by atoms with van der Waals surface area (Å²) in [6, 6.07) is 12.7. The van der Waals surface area contributed by atoms with Crippen molar-refractivity contribution < 1.29 is 28.6 Å². The number of ether oxygens (including phenoxy) is 3. The number of benzene rings is 2. The van der Waals surface area contributed by atoms with Gasteiger partial charge in [-0.05, 0) is 69.7 Å². The van der Waals surface area contributed by atoms with Crippen molar-refractivity contribution in [3.8, 4) is 11.5 Å². The molecule has 0 aliphatic rings. The Labute approximate surface area is 175 Å². The topological polar surface area (TPSA) is 78.9 Å². The van der Waals surface area contributed by atoms with Gasteiger partial charge in [0.05, 0.1) is 5.56 Å². The maximum absolute atomic E-state index is 12.5. The summed E-state index contributed by atoms with van der Waals surface area (Å²) in [5.41, 5.74) is 0.677. The third-order valence-corrected chi connectivity index (χ3v) is 4.11. The zero-order chi connectivity index (χ0) is 22.5. The van der Waals surface area contributed by atoms with E-state index in [9.17, 15) is 14.4 Å². The van der Waals surface area contributed by atoms with E-state index < -0.39 is 23.5 Å².